The minimum absolute atomic E-state index is 0.110. The summed E-state index contributed by atoms with van der Waals surface area (Å²) < 4.78 is 5.34. The Morgan fingerprint density at radius 3 is 2.62 bits per heavy atom. The van der Waals surface area contributed by atoms with Gasteiger partial charge in [0.25, 0.3) is 5.91 Å². The maximum atomic E-state index is 11.9. The number of ether oxygens (including phenoxy) is 1. The van der Waals surface area contributed by atoms with Crippen molar-refractivity contribution in [1.82, 2.24) is 0 Å². The molecule has 0 aliphatic carbocycles. The van der Waals surface area contributed by atoms with E-state index >= 15 is 0 Å². The smallest absolute Gasteiger partial charge is 0.262 e. The van der Waals surface area contributed by atoms with Crippen molar-refractivity contribution in [3.05, 3.63) is 59.1 Å². The second-order valence-electron chi connectivity index (χ2n) is 4.40. The van der Waals surface area contributed by atoms with Gasteiger partial charge in [0.2, 0.25) is 0 Å². The van der Waals surface area contributed by atoms with Crippen LogP contribution in [0.5, 0.6) is 5.75 Å². The van der Waals surface area contributed by atoms with E-state index in [0.717, 1.165) is 0 Å². The number of halogens is 1. The number of benzene rings is 2. The van der Waals surface area contributed by atoms with Crippen LogP contribution < -0.4 is 10.1 Å². The third-order valence-corrected chi connectivity index (χ3v) is 2.98. The molecule has 0 aliphatic rings. The molecule has 108 valence electrons. The number of hydrogen-bond donors (Lipinski definition) is 1. The lowest BCUT2D eigenvalue weighted by Crippen LogP contribution is -2.21. The first-order valence-electron chi connectivity index (χ1n) is 6.34. The fourth-order valence-corrected chi connectivity index (χ4v) is 1.97. The monoisotopic (exact) mass is 303 g/mol. The number of hydrogen-bond acceptors (Lipinski definition) is 3. The van der Waals surface area contributed by atoms with Crippen molar-refractivity contribution in [2.45, 2.75) is 6.92 Å². The molecule has 0 spiro atoms. The second-order valence-corrected chi connectivity index (χ2v) is 4.83. The van der Waals surface area contributed by atoms with Crippen molar-refractivity contribution < 1.29 is 14.3 Å². The topological polar surface area (TPSA) is 55.4 Å². The fourth-order valence-electron chi connectivity index (χ4n) is 1.79. The number of para-hydroxylation sites is 1. The molecule has 0 saturated heterocycles. The first-order valence-corrected chi connectivity index (χ1v) is 6.72. The summed E-state index contributed by atoms with van der Waals surface area (Å²) in [6.07, 6.45) is 0. The van der Waals surface area contributed by atoms with Crippen molar-refractivity contribution >= 4 is 29.0 Å². The Labute approximate surface area is 127 Å². The molecule has 0 radical (unpaired) electrons. The first kappa shape index (κ1) is 15.1. The average Bonchev–Trinajstić information content (AvgIpc) is 2.45. The van der Waals surface area contributed by atoms with Crippen molar-refractivity contribution in [3.63, 3.8) is 0 Å². The van der Waals surface area contributed by atoms with Crippen molar-refractivity contribution in [1.29, 1.82) is 0 Å². The summed E-state index contributed by atoms with van der Waals surface area (Å²) in [6.45, 7) is 1.29. The van der Waals surface area contributed by atoms with Crippen LogP contribution in [0, 0.1) is 0 Å². The highest BCUT2D eigenvalue weighted by Crippen LogP contribution is 2.18. The Morgan fingerprint density at radius 2 is 1.90 bits per heavy atom. The van der Waals surface area contributed by atoms with Gasteiger partial charge in [-0.1, -0.05) is 29.8 Å². The molecule has 0 bridgehead atoms. The van der Waals surface area contributed by atoms with Crippen LogP contribution in [0.1, 0.15) is 17.3 Å². The molecule has 5 heteroatoms. The number of carbonyl (C=O) groups excluding carboxylic acids is 2. The summed E-state index contributed by atoms with van der Waals surface area (Å²) in [4.78, 5) is 23.3. The number of nitrogens with one attached hydrogen (secondary N) is 1. The van der Waals surface area contributed by atoms with Crippen molar-refractivity contribution in [3.8, 4) is 5.75 Å². The highest BCUT2D eigenvalue weighted by Gasteiger charge is 2.10. The normalized spacial score (nSPS) is 10.0. The molecule has 0 atom stereocenters. The Hall–Kier alpha value is -2.33. The Morgan fingerprint density at radius 1 is 1.14 bits per heavy atom. The summed E-state index contributed by atoms with van der Waals surface area (Å²) in [5, 5.41) is 3.20. The lowest BCUT2D eigenvalue weighted by Gasteiger charge is -2.10. The van der Waals surface area contributed by atoms with Crippen molar-refractivity contribution in [2.24, 2.45) is 0 Å². The summed E-state index contributed by atoms with van der Waals surface area (Å²) in [5.41, 5.74) is 0.943. The first-order chi connectivity index (χ1) is 10.1. The van der Waals surface area contributed by atoms with Crippen LogP contribution in [0.25, 0.3) is 0 Å². The van der Waals surface area contributed by atoms with Crippen LogP contribution in [0.2, 0.25) is 5.02 Å². The van der Waals surface area contributed by atoms with Gasteiger partial charge < -0.3 is 10.1 Å². The molecule has 1 amide bonds. The lowest BCUT2D eigenvalue weighted by atomic mass is 10.1. The summed E-state index contributed by atoms with van der Waals surface area (Å²) in [7, 11) is 0. The number of ketones is 1. The quantitative estimate of drug-likeness (QED) is 0.859. The predicted octanol–water partition coefficient (Wildman–Crippen LogP) is 3.56. The highest BCUT2D eigenvalue weighted by atomic mass is 35.5. The summed E-state index contributed by atoms with van der Waals surface area (Å²) >= 11 is 5.83. The molecule has 2 rings (SSSR count). The van der Waals surface area contributed by atoms with E-state index in [2.05, 4.69) is 5.32 Å². The van der Waals surface area contributed by atoms with Crippen LogP contribution >= 0.6 is 11.6 Å². The number of anilines is 1. The Balaban J connectivity index is 1.98. The molecule has 2 aromatic rings. The van der Waals surface area contributed by atoms with Gasteiger partial charge in [-0.25, -0.2) is 0 Å². The summed E-state index contributed by atoms with van der Waals surface area (Å²) in [5.74, 6) is 0.0582. The Kier molecular flexibility index (Phi) is 4.95. The van der Waals surface area contributed by atoms with Crippen molar-refractivity contribution in [2.75, 3.05) is 11.9 Å². The van der Waals surface area contributed by atoms with Gasteiger partial charge in [0.05, 0.1) is 5.69 Å². The van der Waals surface area contributed by atoms with Crippen LogP contribution in [0.15, 0.2) is 48.5 Å². The zero-order valence-corrected chi connectivity index (χ0v) is 12.2. The van der Waals surface area contributed by atoms with Gasteiger partial charge in [0.15, 0.2) is 12.4 Å². The van der Waals surface area contributed by atoms with E-state index in [1.165, 1.54) is 6.92 Å². The molecular weight excluding hydrogens is 290 g/mol. The minimum atomic E-state index is -0.344. The van der Waals surface area contributed by atoms with E-state index in [4.69, 9.17) is 16.3 Å². The maximum absolute atomic E-state index is 11.9. The molecule has 0 heterocycles. The molecule has 0 saturated carbocycles. The van der Waals surface area contributed by atoms with E-state index in [-0.39, 0.29) is 18.3 Å². The standard InChI is InChI=1S/C16H14ClNO3/c1-11(19)14-7-2-3-8-15(14)18-16(20)10-21-13-6-4-5-12(17)9-13/h2-9H,10H2,1H3,(H,18,20). The van der Waals surface area contributed by atoms with Gasteiger partial charge in [0, 0.05) is 10.6 Å². The molecule has 0 aromatic heterocycles. The average molecular weight is 304 g/mol. The van der Waals surface area contributed by atoms with Crippen LogP contribution in [0.3, 0.4) is 0 Å². The van der Waals surface area contributed by atoms with Crippen LogP contribution in [-0.4, -0.2) is 18.3 Å². The molecule has 0 aliphatic heterocycles. The molecule has 0 fully saturated rings. The van der Waals surface area contributed by atoms with Gasteiger partial charge in [-0.05, 0) is 37.3 Å². The van der Waals surface area contributed by atoms with Gasteiger partial charge in [-0.15, -0.1) is 0 Å². The third kappa shape index (κ3) is 4.33. The second kappa shape index (κ2) is 6.90. The van der Waals surface area contributed by atoms with E-state index in [1.54, 1.807) is 48.5 Å². The molecular formula is C16H14ClNO3. The minimum Gasteiger partial charge on any atom is -0.484 e. The number of carbonyl (C=O) groups is 2. The van der Waals surface area contributed by atoms with E-state index in [1.807, 2.05) is 0 Å². The number of amides is 1. The zero-order chi connectivity index (χ0) is 15.2. The van der Waals surface area contributed by atoms with E-state index in [9.17, 15) is 9.59 Å². The SMILES string of the molecule is CC(=O)c1ccccc1NC(=O)COc1cccc(Cl)c1. The molecule has 21 heavy (non-hydrogen) atoms. The summed E-state index contributed by atoms with van der Waals surface area (Å²) in [6, 6.07) is 13.6. The molecule has 2 aromatic carbocycles. The third-order valence-electron chi connectivity index (χ3n) is 2.75. The molecule has 1 N–H and O–H groups in total. The van der Waals surface area contributed by atoms with E-state index < -0.39 is 0 Å². The van der Waals surface area contributed by atoms with E-state index in [0.29, 0.717) is 22.0 Å². The predicted molar refractivity (Wildman–Crippen MR) is 82.0 cm³/mol. The largest absolute Gasteiger partial charge is 0.484 e. The number of Topliss-reactive ketones (excluding diaryl/α,β-unsaturated/α-hetero) is 1. The number of rotatable bonds is 5. The van der Waals surface area contributed by atoms with Gasteiger partial charge in [-0.2, -0.15) is 0 Å². The maximum Gasteiger partial charge on any atom is 0.262 e. The molecule has 4 nitrogen and oxygen atoms in total. The highest BCUT2D eigenvalue weighted by molar-refractivity contribution is 6.30. The molecule has 0 unspecified atom stereocenters. The van der Waals surface area contributed by atoms with Gasteiger partial charge in [-0.3, -0.25) is 9.59 Å². The van der Waals surface area contributed by atoms with Crippen LogP contribution in [-0.2, 0) is 4.79 Å². The Bertz CT molecular complexity index is 670. The van der Waals surface area contributed by atoms with Gasteiger partial charge in [0.1, 0.15) is 5.75 Å². The fraction of sp³-hybridized carbons (Fsp3) is 0.125. The van der Waals surface area contributed by atoms with Gasteiger partial charge >= 0.3 is 0 Å². The zero-order valence-electron chi connectivity index (χ0n) is 11.4. The lowest BCUT2D eigenvalue weighted by molar-refractivity contribution is -0.118. The van der Waals surface area contributed by atoms with Crippen LogP contribution in [0.4, 0.5) is 5.69 Å².